The summed E-state index contributed by atoms with van der Waals surface area (Å²) in [7, 11) is 2.09. The topological polar surface area (TPSA) is 12.5 Å². The third-order valence-electron chi connectivity index (χ3n) is 4.53. The highest BCUT2D eigenvalue weighted by Crippen LogP contribution is 2.33. The van der Waals surface area contributed by atoms with E-state index in [2.05, 4.69) is 11.9 Å². The van der Waals surface area contributed by atoms with E-state index in [1.54, 1.807) is 6.07 Å². The van der Waals surface area contributed by atoms with Crippen molar-refractivity contribution in [1.82, 2.24) is 4.90 Å². The van der Waals surface area contributed by atoms with Crippen molar-refractivity contribution in [1.29, 1.82) is 0 Å². The van der Waals surface area contributed by atoms with Gasteiger partial charge in [-0.05, 0) is 43.7 Å². The molecule has 0 N–H and O–H groups in total. The van der Waals surface area contributed by atoms with Crippen molar-refractivity contribution in [3.8, 4) is 5.75 Å². The molecule has 0 bridgehead atoms. The third kappa shape index (κ3) is 4.98. The Hall–Kier alpha value is -2.01. The molecule has 0 aromatic heterocycles. The monoisotopic (exact) mass is 349 g/mol. The Labute approximate surface area is 146 Å². The van der Waals surface area contributed by atoms with Crippen LogP contribution in [0.4, 0.5) is 13.2 Å². The molecule has 1 unspecified atom stereocenters. The average molecular weight is 349 g/mol. The van der Waals surface area contributed by atoms with Crippen LogP contribution in [0.1, 0.15) is 36.5 Å². The van der Waals surface area contributed by atoms with Gasteiger partial charge in [-0.1, -0.05) is 36.4 Å². The fourth-order valence-electron chi connectivity index (χ4n) is 2.89. The first-order valence-corrected chi connectivity index (χ1v) is 8.52. The molecule has 3 rings (SSSR count). The van der Waals surface area contributed by atoms with E-state index in [0.29, 0.717) is 6.04 Å². The van der Waals surface area contributed by atoms with Crippen LogP contribution >= 0.6 is 0 Å². The van der Waals surface area contributed by atoms with Gasteiger partial charge in [0.2, 0.25) is 0 Å². The molecule has 1 atom stereocenters. The summed E-state index contributed by atoms with van der Waals surface area (Å²) >= 11 is 0. The number of nitrogens with zero attached hydrogens (tertiary/aromatic N) is 1. The van der Waals surface area contributed by atoms with Crippen LogP contribution in [-0.4, -0.2) is 24.5 Å². The average Bonchev–Trinajstić information content (AvgIpc) is 3.44. The molecule has 0 amide bonds. The van der Waals surface area contributed by atoms with Crippen molar-refractivity contribution in [2.45, 2.75) is 37.6 Å². The summed E-state index contributed by atoms with van der Waals surface area (Å²) in [5.41, 5.74) is 0.288. The Morgan fingerprint density at radius 3 is 2.44 bits per heavy atom. The van der Waals surface area contributed by atoms with Crippen molar-refractivity contribution in [2.75, 3.05) is 13.6 Å². The number of rotatable bonds is 7. The molecule has 1 saturated carbocycles. The van der Waals surface area contributed by atoms with E-state index in [4.69, 9.17) is 4.74 Å². The summed E-state index contributed by atoms with van der Waals surface area (Å²) < 4.78 is 44.7. The molecule has 2 aromatic carbocycles. The van der Waals surface area contributed by atoms with Crippen molar-refractivity contribution in [2.24, 2.45) is 0 Å². The first-order valence-electron chi connectivity index (χ1n) is 8.52. The largest absolute Gasteiger partial charge is 0.486 e. The van der Waals surface area contributed by atoms with Crippen LogP contribution in [0.25, 0.3) is 0 Å². The number of benzene rings is 2. The molecular weight excluding hydrogens is 327 g/mol. The fourth-order valence-corrected chi connectivity index (χ4v) is 2.89. The molecule has 5 heteroatoms. The maximum Gasteiger partial charge on any atom is 0.416 e. The lowest BCUT2D eigenvalue weighted by atomic mass is 10.1. The molecule has 134 valence electrons. The maximum absolute atomic E-state index is 12.9. The summed E-state index contributed by atoms with van der Waals surface area (Å²) in [6.45, 7) is 0.850. The van der Waals surface area contributed by atoms with E-state index in [1.807, 2.05) is 30.3 Å². The van der Waals surface area contributed by atoms with Gasteiger partial charge in [-0.3, -0.25) is 0 Å². The lowest BCUT2D eigenvalue weighted by Crippen LogP contribution is -2.24. The molecule has 0 saturated heterocycles. The zero-order chi connectivity index (χ0) is 17.9. The molecular formula is C20H22F3NO. The van der Waals surface area contributed by atoms with E-state index in [-0.39, 0.29) is 11.9 Å². The van der Waals surface area contributed by atoms with E-state index < -0.39 is 11.7 Å². The molecule has 2 aromatic rings. The van der Waals surface area contributed by atoms with E-state index in [9.17, 15) is 13.2 Å². The zero-order valence-corrected chi connectivity index (χ0v) is 14.2. The Kier molecular flexibility index (Phi) is 5.33. The van der Waals surface area contributed by atoms with Crippen LogP contribution < -0.4 is 4.74 Å². The van der Waals surface area contributed by atoms with Crippen LogP contribution in [-0.2, 0) is 6.18 Å². The van der Waals surface area contributed by atoms with Crippen molar-refractivity contribution in [3.63, 3.8) is 0 Å². The minimum Gasteiger partial charge on any atom is -0.486 e. The van der Waals surface area contributed by atoms with Crippen LogP contribution in [0.15, 0.2) is 54.6 Å². The molecule has 1 aliphatic rings. The minimum absolute atomic E-state index is 0.248. The normalized spacial score (nSPS) is 16.0. The molecule has 0 heterocycles. The number of hydrogen-bond acceptors (Lipinski definition) is 2. The number of alkyl halides is 3. The van der Waals surface area contributed by atoms with Gasteiger partial charge in [0.25, 0.3) is 0 Å². The predicted octanol–water partition coefficient (Wildman–Crippen LogP) is 5.31. The summed E-state index contributed by atoms with van der Waals surface area (Å²) in [4.78, 5) is 2.30. The highest BCUT2D eigenvalue weighted by molar-refractivity contribution is 5.31. The van der Waals surface area contributed by atoms with Crippen molar-refractivity contribution >= 4 is 0 Å². The summed E-state index contributed by atoms with van der Waals surface area (Å²) in [6.07, 6.45) is -1.46. The molecule has 1 aliphatic carbocycles. The third-order valence-corrected chi connectivity index (χ3v) is 4.53. The molecule has 0 aliphatic heterocycles. The zero-order valence-electron chi connectivity index (χ0n) is 14.2. The predicted molar refractivity (Wildman–Crippen MR) is 91.5 cm³/mol. The van der Waals surface area contributed by atoms with Crippen LogP contribution in [0.2, 0.25) is 0 Å². The van der Waals surface area contributed by atoms with E-state index in [0.717, 1.165) is 30.7 Å². The van der Waals surface area contributed by atoms with Gasteiger partial charge in [0, 0.05) is 19.0 Å². The van der Waals surface area contributed by atoms with Gasteiger partial charge >= 0.3 is 6.18 Å². The van der Waals surface area contributed by atoms with Gasteiger partial charge in [-0.15, -0.1) is 0 Å². The van der Waals surface area contributed by atoms with Gasteiger partial charge in [0.15, 0.2) is 0 Å². The lowest BCUT2D eigenvalue weighted by Gasteiger charge is -2.23. The fraction of sp³-hybridized carbons (Fsp3) is 0.400. The molecule has 1 fully saturated rings. The van der Waals surface area contributed by atoms with E-state index >= 15 is 0 Å². The smallest absolute Gasteiger partial charge is 0.416 e. The Morgan fingerprint density at radius 1 is 1.08 bits per heavy atom. The Balaban J connectivity index is 1.75. The SMILES string of the molecule is CN(CCC(Oc1cccc(C(F)(F)F)c1)c1ccccc1)C1CC1. The summed E-state index contributed by atoms with van der Waals surface area (Å²) in [6, 6.07) is 15.4. The van der Waals surface area contributed by atoms with Crippen molar-refractivity contribution < 1.29 is 17.9 Å². The Bertz CT molecular complexity index is 683. The molecule has 2 nitrogen and oxygen atoms in total. The number of halogens is 3. The quantitative estimate of drug-likeness (QED) is 0.672. The summed E-state index contributed by atoms with van der Waals surface area (Å²) in [5, 5.41) is 0. The minimum atomic E-state index is -4.37. The standard InChI is InChI=1S/C20H22F3NO/c1-24(17-10-11-17)13-12-19(15-6-3-2-4-7-15)25-18-9-5-8-16(14-18)20(21,22)23/h2-9,14,17,19H,10-13H2,1H3. The highest BCUT2D eigenvalue weighted by Gasteiger charge is 2.31. The Morgan fingerprint density at radius 2 is 1.80 bits per heavy atom. The molecule has 25 heavy (non-hydrogen) atoms. The van der Waals surface area contributed by atoms with Gasteiger partial charge in [-0.2, -0.15) is 13.2 Å². The van der Waals surface area contributed by atoms with Crippen LogP contribution in [0.3, 0.4) is 0 Å². The van der Waals surface area contributed by atoms with Crippen LogP contribution in [0.5, 0.6) is 5.75 Å². The van der Waals surface area contributed by atoms with Crippen LogP contribution in [0, 0.1) is 0 Å². The van der Waals surface area contributed by atoms with Gasteiger partial charge in [0.1, 0.15) is 11.9 Å². The number of ether oxygens (including phenoxy) is 1. The first kappa shape index (κ1) is 17.8. The second kappa shape index (κ2) is 7.48. The second-order valence-corrected chi connectivity index (χ2v) is 6.54. The van der Waals surface area contributed by atoms with Crippen molar-refractivity contribution in [3.05, 3.63) is 65.7 Å². The maximum atomic E-state index is 12.9. The first-order chi connectivity index (χ1) is 11.9. The molecule has 0 radical (unpaired) electrons. The lowest BCUT2D eigenvalue weighted by molar-refractivity contribution is -0.137. The number of hydrogen-bond donors (Lipinski definition) is 0. The van der Waals surface area contributed by atoms with E-state index in [1.165, 1.54) is 18.9 Å². The second-order valence-electron chi connectivity index (χ2n) is 6.54. The van der Waals surface area contributed by atoms with Gasteiger partial charge in [0.05, 0.1) is 5.56 Å². The highest BCUT2D eigenvalue weighted by atomic mass is 19.4. The summed E-state index contributed by atoms with van der Waals surface area (Å²) in [5.74, 6) is 0.248. The molecule has 0 spiro atoms. The van der Waals surface area contributed by atoms with Gasteiger partial charge in [-0.25, -0.2) is 0 Å². The van der Waals surface area contributed by atoms with Gasteiger partial charge < -0.3 is 9.64 Å².